The van der Waals surface area contributed by atoms with Gasteiger partial charge in [0.05, 0.1) is 26.0 Å². The number of carbonyl (C=O) groups excluding carboxylic acids is 2. The zero-order chi connectivity index (χ0) is 15.8. The van der Waals surface area contributed by atoms with Crippen LogP contribution < -0.4 is 10.2 Å². The number of carbonyl (C=O) groups is 2. The smallest absolute Gasteiger partial charge is 0.308 e. The Bertz CT molecular complexity index is 536. The summed E-state index contributed by atoms with van der Waals surface area (Å²) in [7, 11) is 0. The number of benzene rings is 1. The molecule has 22 heavy (non-hydrogen) atoms. The van der Waals surface area contributed by atoms with Gasteiger partial charge in [-0.2, -0.15) is 5.10 Å². The van der Waals surface area contributed by atoms with Gasteiger partial charge in [-0.25, -0.2) is 5.43 Å². The molecule has 0 spiro atoms. The Morgan fingerprint density at radius 2 is 2.00 bits per heavy atom. The topological polar surface area (TPSA) is 80.2 Å². The molecular weight excluding hydrogens is 286 g/mol. The number of nitrogens with one attached hydrogen (secondary N) is 1. The molecule has 1 N–H and O–H groups in total. The van der Waals surface area contributed by atoms with Crippen LogP contribution in [-0.2, 0) is 14.3 Å². The lowest BCUT2D eigenvalue weighted by Crippen LogP contribution is -2.42. The first kappa shape index (κ1) is 16.1. The van der Waals surface area contributed by atoms with E-state index in [9.17, 15) is 9.59 Å². The summed E-state index contributed by atoms with van der Waals surface area (Å²) in [5.74, 6) is -0.0486. The Hall–Kier alpha value is -2.25. The number of hydrogen-bond donors (Lipinski definition) is 1. The van der Waals surface area contributed by atoms with Crippen molar-refractivity contribution in [1.82, 2.24) is 10.3 Å². The third kappa shape index (κ3) is 5.63. The molecule has 118 valence electrons. The highest BCUT2D eigenvalue weighted by Gasteiger charge is 2.13. The molecular formula is C15H19N3O4. The highest BCUT2D eigenvalue weighted by Crippen LogP contribution is 2.11. The maximum atomic E-state index is 11.7. The van der Waals surface area contributed by atoms with Crippen LogP contribution in [0.15, 0.2) is 29.4 Å². The van der Waals surface area contributed by atoms with Crippen molar-refractivity contribution in [1.29, 1.82) is 0 Å². The van der Waals surface area contributed by atoms with Gasteiger partial charge in [0.25, 0.3) is 5.91 Å². The number of ether oxygens (including phenoxy) is 2. The average molecular weight is 305 g/mol. The summed E-state index contributed by atoms with van der Waals surface area (Å²) in [4.78, 5) is 24.5. The summed E-state index contributed by atoms with van der Waals surface area (Å²) < 4.78 is 10.1. The molecule has 0 atom stereocenters. The van der Waals surface area contributed by atoms with E-state index in [4.69, 9.17) is 9.47 Å². The third-order valence-electron chi connectivity index (χ3n) is 3.02. The first-order valence-electron chi connectivity index (χ1n) is 7.04. The van der Waals surface area contributed by atoms with E-state index < -0.39 is 0 Å². The Kier molecular flexibility index (Phi) is 6.05. The molecule has 0 aromatic heterocycles. The van der Waals surface area contributed by atoms with Gasteiger partial charge < -0.3 is 9.47 Å². The van der Waals surface area contributed by atoms with E-state index >= 15 is 0 Å². The minimum absolute atomic E-state index is 0.158. The van der Waals surface area contributed by atoms with Crippen LogP contribution in [0.5, 0.6) is 5.75 Å². The summed E-state index contributed by atoms with van der Waals surface area (Å²) >= 11 is 0. The van der Waals surface area contributed by atoms with Crippen LogP contribution in [-0.4, -0.2) is 55.8 Å². The van der Waals surface area contributed by atoms with Crippen LogP contribution in [0.1, 0.15) is 12.5 Å². The summed E-state index contributed by atoms with van der Waals surface area (Å²) in [6.45, 7) is 4.49. The largest absolute Gasteiger partial charge is 0.427 e. The Balaban J connectivity index is 1.76. The van der Waals surface area contributed by atoms with Crippen molar-refractivity contribution >= 4 is 18.1 Å². The zero-order valence-electron chi connectivity index (χ0n) is 12.4. The molecule has 1 aliphatic heterocycles. The molecule has 7 nitrogen and oxygen atoms in total. The van der Waals surface area contributed by atoms with Gasteiger partial charge >= 0.3 is 5.97 Å². The number of hydrazone groups is 1. The van der Waals surface area contributed by atoms with Crippen LogP contribution in [0.25, 0.3) is 0 Å². The van der Waals surface area contributed by atoms with E-state index in [0.29, 0.717) is 25.5 Å². The van der Waals surface area contributed by atoms with Gasteiger partial charge in [-0.05, 0) is 29.8 Å². The van der Waals surface area contributed by atoms with Crippen molar-refractivity contribution in [2.75, 3.05) is 32.8 Å². The van der Waals surface area contributed by atoms with Crippen LogP contribution in [0, 0.1) is 0 Å². The van der Waals surface area contributed by atoms with Crippen LogP contribution >= 0.6 is 0 Å². The van der Waals surface area contributed by atoms with Gasteiger partial charge in [0.1, 0.15) is 5.75 Å². The van der Waals surface area contributed by atoms with E-state index in [2.05, 4.69) is 10.5 Å². The highest BCUT2D eigenvalue weighted by molar-refractivity contribution is 5.83. The molecule has 1 heterocycles. The van der Waals surface area contributed by atoms with Crippen molar-refractivity contribution in [2.24, 2.45) is 5.10 Å². The third-order valence-corrected chi connectivity index (χ3v) is 3.02. The van der Waals surface area contributed by atoms with Crippen molar-refractivity contribution in [3.63, 3.8) is 0 Å². The lowest BCUT2D eigenvalue weighted by molar-refractivity contribution is -0.131. The molecule has 0 saturated carbocycles. The Labute approximate surface area is 128 Å². The molecule has 1 amide bonds. The fourth-order valence-electron chi connectivity index (χ4n) is 1.96. The van der Waals surface area contributed by atoms with E-state index in [1.165, 1.54) is 13.1 Å². The summed E-state index contributed by atoms with van der Waals surface area (Å²) in [5.41, 5.74) is 3.28. The number of rotatable bonds is 5. The molecule has 7 heteroatoms. The zero-order valence-corrected chi connectivity index (χ0v) is 12.4. The maximum absolute atomic E-state index is 11.7. The first-order valence-corrected chi connectivity index (χ1v) is 7.04. The van der Waals surface area contributed by atoms with Crippen molar-refractivity contribution < 1.29 is 19.1 Å². The molecule has 0 unspecified atom stereocenters. The number of hydrogen-bond acceptors (Lipinski definition) is 6. The molecule has 0 bridgehead atoms. The number of amides is 1. The van der Waals surface area contributed by atoms with Gasteiger partial charge in [0.2, 0.25) is 0 Å². The van der Waals surface area contributed by atoms with Crippen LogP contribution in [0.2, 0.25) is 0 Å². The van der Waals surface area contributed by atoms with Crippen LogP contribution in [0.3, 0.4) is 0 Å². The summed E-state index contributed by atoms with van der Waals surface area (Å²) in [6.07, 6.45) is 1.54. The molecule has 1 aromatic rings. The van der Waals surface area contributed by atoms with Crippen molar-refractivity contribution in [3.05, 3.63) is 29.8 Å². The number of esters is 1. The van der Waals surface area contributed by atoms with Gasteiger partial charge in [-0.15, -0.1) is 0 Å². The maximum Gasteiger partial charge on any atom is 0.308 e. The van der Waals surface area contributed by atoms with E-state index in [0.717, 1.165) is 18.7 Å². The van der Waals surface area contributed by atoms with Crippen molar-refractivity contribution in [3.8, 4) is 5.75 Å². The minimum atomic E-state index is -0.364. The fraction of sp³-hybridized carbons (Fsp3) is 0.400. The monoisotopic (exact) mass is 305 g/mol. The van der Waals surface area contributed by atoms with E-state index in [1.807, 2.05) is 4.90 Å². The number of nitrogens with zero attached hydrogens (tertiary/aromatic N) is 2. The quantitative estimate of drug-likeness (QED) is 0.368. The molecule has 1 fully saturated rings. The predicted octanol–water partition coefficient (Wildman–Crippen LogP) is 0.394. The van der Waals surface area contributed by atoms with Crippen molar-refractivity contribution in [2.45, 2.75) is 6.92 Å². The molecule has 1 aromatic carbocycles. The lowest BCUT2D eigenvalue weighted by Gasteiger charge is -2.25. The molecule has 1 saturated heterocycles. The second kappa shape index (κ2) is 8.26. The lowest BCUT2D eigenvalue weighted by atomic mass is 10.2. The fourth-order valence-corrected chi connectivity index (χ4v) is 1.96. The molecule has 0 radical (unpaired) electrons. The van der Waals surface area contributed by atoms with E-state index in [-0.39, 0.29) is 11.9 Å². The Morgan fingerprint density at radius 1 is 1.32 bits per heavy atom. The van der Waals surface area contributed by atoms with Gasteiger partial charge in [0.15, 0.2) is 0 Å². The second-order valence-electron chi connectivity index (χ2n) is 4.84. The normalized spacial score (nSPS) is 15.7. The standard InChI is InChI=1S/C15H19N3O4/c1-12(19)22-14-4-2-13(3-5-14)10-16-17-15(20)11-18-6-8-21-9-7-18/h2-5,10H,6-9,11H2,1H3,(H,17,20)/b16-10-. The van der Waals surface area contributed by atoms with E-state index in [1.54, 1.807) is 24.3 Å². The molecule has 1 aliphatic rings. The van der Waals surface area contributed by atoms with Crippen LogP contribution in [0.4, 0.5) is 0 Å². The molecule has 2 rings (SSSR count). The van der Waals surface area contributed by atoms with Gasteiger partial charge in [-0.1, -0.05) is 0 Å². The summed E-state index contributed by atoms with van der Waals surface area (Å²) in [5, 5.41) is 3.91. The minimum Gasteiger partial charge on any atom is -0.427 e. The van der Waals surface area contributed by atoms with Gasteiger partial charge in [-0.3, -0.25) is 14.5 Å². The second-order valence-corrected chi connectivity index (χ2v) is 4.84. The average Bonchev–Trinajstić information content (AvgIpc) is 2.49. The highest BCUT2D eigenvalue weighted by atomic mass is 16.5. The first-order chi connectivity index (χ1) is 10.6. The Morgan fingerprint density at radius 3 is 2.64 bits per heavy atom. The SMILES string of the molecule is CC(=O)Oc1ccc(/C=N\NC(=O)CN2CCOCC2)cc1. The molecule has 0 aliphatic carbocycles. The van der Waals surface area contributed by atoms with Gasteiger partial charge in [0, 0.05) is 20.0 Å². The summed E-state index contributed by atoms with van der Waals surface area (Å²) in [6, 6.07) is 6.82. The number of morpholine rings is 1. The predicted molar refractivity (Wildman–Crippen MR) is 80.7 cm³/mol.